The highest BCUT2D eigenvalue weighted by Crippen LogP contribution is 2.29. The van der Waals surface area contributed by atoms with Crippen molar-refractivity contribution >= 4 is 11.8 Å². The van der Waals surface area contributed by atoms with Crippen molar-refractivity contribution in [3.05, 3.63) is 82.7 Å². The van der Waals surface area contributed by atoms with Crippen LogP contribution in [-0.4, -0.2) is 45.6 Å². The van der Waals surface area contributed by atoms with Crippen LogP contribution < -0.4 is 5.32 Å². The molecule has 1 saturated heterocycles. The van der Waals surface area contributed by atoms with Gasteiger partial charge in [-0.1, -0.05) is 37.3 Å². The van der Waals surface area contributed by atoms with E-state index in [0.717, 1.165) is 54.6 Å². The van der Waals surface area contributed by atoms with Gasteiger partial charge in [-0.05, 0) is 56.2 Å². The molecule has 8 heteroatoms. The lowest BCUT2D eigenvalue weighted by molar-refractivity contribution is -0.134. The van der Waals surface area contributed by atoms with E-state index < -0.39 is 11.6 Å². The highest BCUT2D eigenvalue weighted by atomic mass is 19.2. The molecule has 0 saturated carbocycles. The Morgan fingerprint density at radius 3 is 2.50 bits per heavy atom. The van der Waals surface area contributed by atoms with Crippen molar-refractivity contribution in [3.8, 4) is 5.69 Å². The molecular formula is C28H30F2N4O2. The van der Waals surface area contributed by atoms with Gasteiger partial charge in [0.25, 0.3) is 5.91 Å². The van der Waals surface area contributed by atoms with Crippen LogP contribution in [-0.2, 0) is 17.6 Å². The minimum Gasteiger partial charge on any atom is -0.348 e. The van der Waals surface area contributed by atoms with Crippen molar-refractivity contribution in [2.45, 2.75) is 57.4 Å². The summed E-state index contributed by atoms with van der Waals surface area (Å²) in [6.07, 6.45) is 4.44. The number of rotatable bonds is 6. The number of nitrogens with zero attached hydrogens (tertiary/aromatic N) is 3. The van der Waals surface area contributed by atoms with Gasteiger partial charge in [0.2, 0.25) is 5.91 Å². The first-order valence-corrected chi connectivity index (χ1v) is 12.7. The van der Waals surface area contributed by atoms with Crippen molar-refractivity contribution in [2.24, 2.45) is 0 Å². The zero-order valence-corrected chi connectivity index (χ0v) is 20.3. The van der Waals surface area contributed by atoms with E-state index in [1.165, 1.54) is 6.07 Å². The fourth-order valence-electron chi connectivity index (χ4n) is 5.41. The Morgan fingerprint density at radius 1 is 1.06 bits per heavy atom. The largest absolute Gasteiger partial charge is 0.348 e. The van der Waals surface area contributed by atoms with E-state index in [1.807, 2.05) is 42.2 Å². The molecule has 2 heterocycles. The van der Waals surface area contributed by atoms with Crippen LogP contribution in [0.15, 0.2) is 48.5 Å². The number of hydrogen-bond donors (Lipinski definition) is 1. The van der Waals surface area contributed by atoms with E-state index in [2.05, 4.69) is 10.4 Å². The summed E-state index contributed by atoms with van der Waals surface area (Å²) < 4.78 is 28.8. The van der Waals surface area contributed by atoms with Crippen molar-refractivity contribution in [2.75, 3.05) is 13.1 Å². The molecule has 188 valence electrons. The van der Waals surface area contributed by atoms with Crippen LogP contribution in [0.4, 0.5) is 8.78 Å². The molecule has 1 atom stereocenters. The van der Waals surface area contributed by atoms with Crippen molar-refractivity contribution < 1.29 is 18.4 Å². The second-order valence-corrected chi connectivity index (χ2v) is 9.58. The van der Waals surface area contributed by atoms with E-state index in [-0.39, 0.29) is 23.8 Å². The predicted molar refractivity (Wildman–Crippen MR) is 132 cm³/mol. The van der Waals surface area contributed by atoms with Gasteiger partial charge in [-0.3, -0.25) is 9.59 Å². The summed E-state index contributed by atoms with van der Waals surface area (Å²) in [4.78, 5) is 28.3. The molecule has 1 aromatic heterocycles. The van der Waals surface area contributed by atoms with E-state index in [1.54, 1.807) is 4.68 Å². The number of fused-ring (bicyclic) bond motifs is 1. The third kappa shape index (κ3) is 4.64. The van der Waals surface area contributed by atoms with Gasteiger partial charge in [0, 0.05) is 36.5 Å². The van der Waals surface area contributed by atoms with Crippen LogP contribution in [0.5, 0.6) is 0 Å². The number of benzene rings is 2. The normalized spacial score (nSPS) is 16.6. The Balaban J connectivity index is 1.25. The maximum absolute atomic E-state index is 13.8. The average molecular weight is 493 g/mol. The second-order valence-electron chi connectivity index (χ2n) is 9.58. The smallest absolute Gasteiger partial charge is 0.272 e. The quantitative estimate of drug-likeness (QED) is 0.549. The van der Waals surface area contributed by atoms with Gasteiger partial charge in [-0.15, -0.1) is 0 Å². The van der Waals surface area contributed by atoms with Gasteiger partial charge in [-0.25, -0.2) is 13.5 Å². The average Bonchev–Trinajstić information content (AvgIpc) is 3.50. The van der Waals surface area contributed by atoms with Gasteiger partial charge in [0.1, 0.15) is 0 Å². The van der Waals surface area contributed by atoms with Crippen LogP contribution in [0.1, 0.15) is 65.8 Å². The SMILES string of the molecule is CCC(C(=O)N1CCC(NC(=O)c2nn(-c3ccc(F)c(F)c3)c3c2CCC3)CC1)c1ccccc1. The molecule has 0 radical (unpaired) electrons. The summed E-state index contributed by atoms with van der Waals surface area (Å²) in [6, 6.07) is 13.5. The fourth-order valence-corrected chi connectivity index (χ4v) is 5.41. The first-order valence-electron chi connectivity index (χ1n) is 12.7. The van der Waals surface area contributed by atoms with E-state index >= 15 is 0 Å². The van der Waals surface area contributed by atoms with Gasteiger partial charge in [0.15, 0.2) is 17.3 Å². The second kappa shape index (κ2) is 10.2. The summed E-state index contributed by atoms with van der Waals surface area (Å²) >= 11 is 0. The summed E-state index contributed by atoms with van der Waals surface area (Å²) in [6.45, 7) is 3.21. The lowest BCUT2D eigenvalue weighted by Crippen LogP contribution is -2.47. The highest BCUT2D eigenvalue weighted by Gasteiger charge is 2.31. The topological polar surface area (TPSA) is 67.2 Å². The van der Waals surface area contributed by atoms with Crippen molar-refractivity contribution in [1.82, 2.24) is 20.0 Å². The van der Waals surface area contributed by atoms with E-state index in [4.69, 9.17) is 0 Å². The number of halogens is 2. The van der Waals surface area contributed by atoms with Crippen LogP contribution >= 0.6 is 0 Å². The molecule has 2 amide bonds. The monoisotopic (exact) mass is 492 g/mol. The molecule has 36 heavy (non-hydrogen) atoms. The van der Waals surface area contributed by atoms with Crippen LogP contribution in [0, 0.1) is 11.6 Å². The van der Waals surface area contributed by atoms with Gasteiger partial charge >= 0.3 is 0 Å². The molecule has 2 aromatic carbocycles. The molecule has 3 aromatic rings. The van der Waals surface area contributed by atoms with E-state index in [9.17, 15) is 18.4 Å². The summed E-state index contributed by atoms with van der Waals surface area (Å²) in [5, 5.41) is 7.60. The van der Waals surface area contributed by atoms with E-state index in [0.29, 0.717) is 37.3 Å². The molecule has 1 unspecified atom stereocenters. The Kier molecular flexibility index (Phi) is 6.85. The number of likely N-dealkylation sites (tertiary alicyclic amines) is 1. The Labute approximate surface area is 209 Å². The number of hydrogen-bond acceptors (Lipinski definition) is 3. The van der Waals surface area contributed by atoms with Gasteiger partial charge in [0.05, 0.1) is 11.6 Å². The van der Waals surface area contributed by atoms with Crippen LogP contribution in [0.2, 0.25) is 0 Å². The Bertz CT molecular complexity index is 1270. The lowest BCUT2D eigenvalue weighted by Gasteiger charge is -2.34. The Hall–Kier alpha value is -3.55. The number of amides is 2. The van der Waals surface area contributed by atoms with Crippen molar-refractivity contribution in [3.63, 3.8) is 0 Å². The van der Waals surface area contributed by atoms with Gasteiger partial charge < -0.3 is 10.2 Å². The first kappa shape index (κ1) is 24.2. The lowest BCUT2D eigenvalue weighted by atomic mass is 9.93. The third-order valence-corrected chi connectivity index (χ3v) is 7.34. The molecule has 0 spiro atoms. The van der Waals surface area contributed by atoms with Crippen LogP contribution in [0.3, 0.4) is 0 Å². The highest BCUT2D eigenvalue weighted by molar-refractivity contribution is 5.94. The molecule has 1 aliphatic heterocycles. The van der Waals surface area contributed by atoms with Crippen LogP contribution in [0.25, 0.3) is 5.69 Å². The minimum atomic E-state index is -0.945. The number of nitrogens with one attached hydrogen (secondary N) is 1. The zero-order valence-electron chi connectivity index (χ0n) is 20.3. The molecule has 5 rings (SSSR count). The van der Waals surface area contributed by atoms with Gasteiger partial charge in [-0.2, -0.15) is 5.10 Å². The third-order valence-electron chi connectivity index (χ3n) is 7.34. The molecule has 2 aliphatic rings. The first-order chi connectivity index (χ1) is 17.5. The standard InChI is InChI=1S/C28H30F2N4O2/c1-2-21(18-7-4-3-5-8-18)28(36)33-15-13-19(14-16-33)31-27(35)26-22-9-6-10-25(22)34(32-26)20-11-12-23(29)24(30)17-20/h3-5,7-8,11-12,17,19,21H,2,6,9-10,13-16H2,1H3,(H,31,35). The Morgan fingerprint density at radius 2 is 1.81 bits per heavy atom. The molecular weight excluding hydrogens is 462 g/mol. The predicted octanol–water partition coefficient (Wildman–Crippen LogP) is 4.55. The van der Waals surface area contributed by atoms with Crippen molar-refractivity contribution in [1.29, 1.82) is 0 Å². The molecule has 1 aliphatic carbocycles. The summed E-state index contributed by atoms with van der Waals surface area (Å²) in [5.41, 5.74) is 3.53. The fraction of sp³-hybridized carbons (Fsp3) is 0.393. The molecule has 1 fully saturated rings. The maximum atomic E-state index is 13.8. The zero-order chi connectivity index (χ0) is 25.2. The number of carbonyl (C=O) groups is 2. The number of carbonyl (C=O) groups excluding carboxylic acids is 2. The molecule has 0 bridgehead atoms. The molecule has 1 N–H and O–H groups in total. The summed E-state index contributed by atoms with van der Waals surface area (Å²) in [5.74, 6) is -2.13. The molecule has 6 nitrogen and oxygen atoms in total. The maximum Gasteiger partial charge on any atom is 0.272 e. The minimum absolute atomic E-state index is 0.0520. The number of aromatic nitrogens is 2. The number of piperidine rings is 1. The summed E-state index contributed by atoms with van der Waals surface area (Å²) in [7, 11) is 0.